The number of aromatic nitrogens is 1. The molecule has 5 nitrogen and oxygen atoms in total. The number of nitrogens with zero attached hydrogens (tertiary/aromatic N) is 1. The molecule has 1 amide bonds. The molecule has 0 spiro atoms. The largest absolute Gasteiger partial charge is 0.444 e. The van der Waals surface area contributed by atoms with Crippen molar-refractivity contribution in [2.45, 2.75) is 32.9 Å². The third-order valence-electron chi connectivity index (χ3n) is 1.78. The van der Waals surface area contributed by atoms with Crippen molar-refractivity contribution in [2.75, 3.05) is 5.32 Å². The van der Waals surface area contributed by atoms with Crippen LogP contribution >= 0.6 is 15.9 Å². The van der Waals surface area contributed by atoms with Gasteiger partial charge >= 0.3 is 6.09 Å². The summed E-state index contributed by atoms with van der Waals surface area (Å²) in [6.45, 7) is 5.76. The molecule has 3 N–H and O–H groups in total. The zero-order valence-electron chi connectivity index (χ0n) is 10.1. The van der Waals surface area contributed by atoms with Crippen LogP contribution in [-0.2, 0) is 11.3 Å². The number of carbonyl (C=O) groups is 1. The van der Waals surface area contributed by atoms with E-state index in [1.165, 1.54) is 0 Å². The van der Waals surface area contributed by atoms with E-state index in [1.54, 1.807) is 33.0 Å². The number of carbonyl (C=O) groups excluding carboxylic acids is 1. The lowest BCUT2D eigenvalue weighted by atomic mass is 10.2. The third-order valence-corrected chi connectivity index (χ3v) is 2.50. The molecular formula is C11H16BrN3O2. The molecule has 0 saturated heterocycles. The first kappa shape index (κ1) is 13.9. The van der Waals surface area contributed by atoms with Gasteiger partial charge in [0.15, 0.2) is 0 Å². The van der Waals surface area contributed by atoms with Crippen molar-refractivity contribution >= 4 is 27.8 Å². The van der Waals surface area contributed by atoms with Crippen LogP contribution in [0.15, 0.2) is 16.7 Å². The van der Waals surface area contributed by atoms with Crippen LogP contribution in [0.25, 0.3) is 0 Å². The average Bonchev–Trinajstić information content (AvgIpc) is 2.18. The Labute approximate surface area is 109 Å². The summed E-state index contributed by atoms with van der Waals surface area (Å²) < 4.78 is 5.93. The molecule has 1 heterocycles. The van der Waals surface area contributed by atoms with E-state index in [4.69, 9.17) is 10.5 Å². The van der Waals surface area contributed by atoms with Gasteiger partial charge < -0.3 is 10.5 Å². The lowest BCUT2D eigenvalue weighted by molar-refractivity contribution is 0.0635. The van der Waals surface area contributed by atoms with E-state index in [0.29, 0.717) is 12.4 Å². The molecule has 0 bridgehead atoms. The number of amides is 1. The van der Waals surface area contributed by atoms with Crippen LogP contribution in [0, 0.1) is 0 Å². The lowest BCUT2D eigenvalue weighted by Crippen LogP contribution is -2.27. The van der Waals surface area contributed by atoms with Crippen LogP contribution in [-0.4, -0.2) is 16.7 Å². The fourth-order valence-corrected chi connectivity index (χ4v) is 1.49. The Morgan fingerprint density at radius 2 is 2.24 bits per heavy atom. The maximum atomic E-state index is 11.5. The summed E-state index contributed by atoms with van der Waals surface area (Å²) in [5.41, 5.74) is 5.89. The van der Waals surface area contributed by atoms with Crippen LogP contribution in [0.3, 0.4) is 0 Å². The van der Waals surface area contributed by atoms with Crippen LogP contribution in [0.2, 0.25) is 0 Å². The van der Waals surface area contributed by atoms with Gasteiger partial charge in [-0.1, -0.05) is 0 Å². The maximum Gasteiger partial charge on any atom is 0.413 e. The molecule has 0 unspecified atom stereocenters. The highest BCUT2D eigenvalue weighted by Gasteiger charge is 2.16. The fourth-order valence-electron chi connectivity index (χ4n) is 1.11. The summed E-state index contributed by atoms with van der Waals surface area (Å²) >= 11 is 3.32. The van der Waals surface area contributed by atoms with Gasteiger partial charge in [-0.25, -0.2) is 9.78 Å². The van der Waals surface area contributed by atoms with Gasteiger partial charge in [-0.3, -0.25) is 5.32 Å². The number of halogens is 1. The summed E-state index contributed by atoms with van der Waals surface area (Å²) in [4.78, 5) is 15.5. The number of nitrogens with one attached hydrogen (secondary N) is 1. The monoisotopic (exact) mass is 301 g/mol. The van der Waals surface area contributed by atoms with Gasteiger partial charge in [-0.15, -0.1) is 0 Å². The molecule has 0 atom stereocenters. The van der Waals surface area contributed by atoms with Gasteiger partial charge in [0, 0.05) is 17.2 Å². The first-order valence-electron chi connectivity index (χ1n) is 5.16. The number of rotatable bonds is 2. The molecule has 0 aromatic carbocycles. The van der Waals surface area contributed by atoms with E-state index >= 15 is 0 Å². The highest BCUT2D eigenvalue weighted by Crippen LogP contribution is 2.18. The van der Waals surface area contributed by atoms with Crippen LogP contribution in [0.4, 0.5) is 10.6 Å². The summed E-state index contributed by atoms with van der Waals surface area (Å²) in [5, 5.41) is 2.55. The minimum atomic E-state index is -0.532. The van der Waals surface area contributed by atoms with Gasteiger partial charge in [-0.2, -0.15) is 0 Å². The van der Waals surface area contributed by atoms with Crippen molar-refractivity contribution in [3.05, 3.63) is 22.3 Å². The minimum Gasteiger partial charge on any atom is -0.444 e. The van der Waals surface area contributed by atoms with Crippen molar-refractivity contribution in [3.63, 3.8) is 0 Å². The number of pyridine rings is 1. The predicted octanol–water partition coefficient (Wildman–Crippen LogP) is 2.65. The highest BCUT2D eigenvalue weighted by molar-refractivity contribution is 9.10. The van der Waals surface area contributed by atoms with Crippen LogP contribution in [0.5, 0.6) is 0 Å². The first-order valence-corrected chi connectivity index (χ1v) is 5.95. The summed E-state index contributed by atoms with van der Waals surface area (Å²) in [6.07, 6.45) is 1.06. The first-order chi connectivity index (χ1) is 7.81. The Morgan fingerprint density at radius 1 is 1.59 bits per heavy atom. The maximum absolute atomic E-state index is 11.5. The predicted molar refractivity (Wildman–Crippen MR) is 69.7 cm³/mol. The molecule has 0 aliphatic carbocycles. The Bertz CT molecular complexity index is 416. The molecule has 17 heavy (non-hydrogen) atoms. The van der Waals surface area contributed by atoms with E-state index in [1.807, 2.05) is 0 Å². The molecular weight excluding hydrogens is 286 g/mol. The van der Waals surface area contributed by atoms with E-state index < -0.39 is 11.7 Å². The zero-order chi connectivity index (χ0) is 13.1. The van der Waals surface area contributed by atoms with Crippen molar-refractivity contribution < 1.29 is 9.53 Å². The molecule has 94 valence electrons. The zero-order valence-corrected chi connectivity index (χ0v) is 11.7. The smallest absolute Gasteiger partial charge is 0.413 e. The standard InChI is InChI=1S/C11H16BrN3O2/c1-11(2,3)17-10(16)15-9-4-7(5-13)8(12)6-14-9/h4,6H,5,13H2,1-3H3,(H,14,15,16). The van der Waals surface area contributed by atoms with Crippen molar-refractivity contribution in [3.8, 4) is 0 Å². The summed E-state index contributed by atoms with van der Waals surface area (Å²) in [5.74, 6) is 0.419. The topological polar surface area (TPSA) is 77.2 Å². The average molecular weight is 302 g/mol. The fraction of sp³-hybridized carbons (Fsp3) is 0.455. The van der Waals surface area contributed by atoms with Gasteiger partial charge in [0.1, 0.15) is 11.4 Å². The van der Waals surface area contributed by atoms with Gasteiger partial charge in [0.25, 0.3) is 0 Å². The second kappa shape index (κ2) is 5.46. The molecule has 0 aliphatic rings. The molecule has 1 aromatic rings. The molecule has 0 aliphatic heterocycles. The number of hydrogen-bond donors (Lipinski definition) is 2. The number of hydrogen-bond acceptors (Lipinski definition) is 4. The van der Waals surface area contributed by atoms with E-state index in [-0.39, 0.29) is 0 Å². The lowest BCUT2D eigenvalue weighted by Gasteiger charge is -2.19. The Kier molecular flexibility index (Phi) is 4.47. The van der Waals surface area contributed by atoms with Gasteiger partial charge in [0.05, 0.1) is 0 Å². The van der Waals surface area contributed by atoms with E-state index in [0.717, 1.165) is 10.0 Å². The molecule has 0 radical (unpaired) electrons. The Morgan fingerprint density at radius 3 is 2.76 bits per heavy atom. The molecule has 0 saturated carbocycles. The van der Waals surface area contributed by atoms with Crippen molar-refractivity contribution in [1.82, 2.24) is 4.98 Å². The Balaban J connectivity index is 2.72. The molecule has 1 aromatic heterocycles. The number of ether oxygens (including phenoxy) is 1. The van der Waals surface area contributed by atoms with Crippen LogP contribution in [0.1, 0.15) is 26.3 Å². The SMILES string of the molecule is CC(C)(C)OC(=O)Nc1cc(CN)c(Br)cn1. The molecule has 1 rings (SSSR count). The quantitative estimate of drug-likeness (QED) is 0.880. The molecule has 0 fully saturated rings. The highest BCUT2D eigenvalue weighted by atomic mass is 79.9. The van der Waals surface area contributed by atoms with E-state index in [9.17, 15) is 4.79 Å². The minimum absolute atomic E-state index is 0.367. The van der Waals surface area contributed by atoms with Crippen LogP contribution < -0.4 is 11.1 Å². The summed E-state index contributed by atoms with van der Waals surface area (Å²) in [7, 11) is 0. The third kappa shape index (κ3) is 4.70. The number of nitrogens with two attached hydrogens (primary N) is 1. The second-order valence-corrected chi connectivity index (χ2v) is 5.35. The second-order valence-electron chi connectivity index (χ2n) is 4.49. The van der Waals surface area contributed by atoms with Crippen molar-refractivity contribution in [2.24, 2.45) is 5.73 Å². The van der Waals surface area contributed by atoms with Crippen molar-refractivity contribution in [1.29, 1.82) is 0 Å². The van der Waals surface area contributed by atoms with E-state index in [2.05, 4.69) is 26.2 Å². The van der Waals surface area contributed by atoms with Gasteiger partial charge in [-0.05, 0) is 48.3 Å². The Hall–Kier alpha value is -1.14. The molecule has 6 heteroatoms. The normalized spacial score (nSPS) is 11.1. The summed E-state index contributed by atoms with van der Waals surface area (Å²) in [6, 6.07) is 1.70. The van der Waals surface area contributed by atoms with Gasteiger partial charge in [0.2, 0.25) is 0 Å². The number of anilines is 1.